The van der Waals surface area contributed by atoms with Crippen molar-refractivity contribution in [3.63, 3.8) is 0 Å². The van der Waals surface area contributed by atoms with E-state index in [2.05, 4.69) is 22.6 Å². The Balaban J connectivity index is 2.75. The highest BCUT2D eigenvalue weighted by molar-refractivity contribution is 14.1. The molecule has 0 heterocycles. The first kappa shape index (κ1) is 23.3. The topological polar surface area (TPSA) is 59.1 Å². The zero-order valence-electron chi connectivity index (χ0n) is 16.9. The molecule has 0 fully saturated rings. The van der Waals surface area contributed by atoms with Gasteiger partial charge in [0.2, 0.25) is 5.91 Å². The molecule has 0 unspecified atom stereocenters. The van der Waals surface area contributed by atoms with Crippen LogP contribution in [0.4, 0.5) is 4.79 Å². The highest BCUT2D eigenvalue weighted by Gasteiger charge is 2.22. The van der Waals surface area contributed by atoms with Gasteiger partial charge in [-0.15, -0.1) is 0 Å². The summed E-state index contributed by atoms with van der Waals surface area (Å²) in [5.74, 6) is 0.656. The fourth-order valence-corrected chi connectivity index (χ4v) is 2.43. The summed E-state index contributed by atoms with van der Waals surface area (Å²) < 4.78 is 12.3. The minimum Gasteiger partial charge on any atom is -0.492 e. The minimum absolute atomic E-state index is 0.0886. The van der Waals surface area contributed by atoms with Gasteiger partial charge in [-0.05, 0) is 74.6 Å². The summed E-state index contributed by atoms with van der Waals surface area (Å²) in [6.07, 6.45) is 1.30. The molecule has 1 rings (SSSR count). The highest BCUT2D eigenvalue weighted by atomic mass is 127. The molecular formula is C20H29IN2O4. The number of ether oxygens (including phenoxy) is 2. The van der Waals surface area contributed by atoms with Crippen LogP contribution in [0.1, 0.15) is 27.7 Å². The molecule has 0 atom stereocenters. The van der Waals surface area contributed by atoms with Gasteiger partial charge >= 0.3 is 6.09 Å². The second-order valence-corrected chi connectivity index (χ2v) is 8.56. The van der Waals surface area contributed by atoms with Crippen LogP contribution in [0.5, 0.6) is 5.75 Å². The van der Waals surface area contributed by atoms with Crippen LogP contribution in [0.3, 0.4) is 0 Å². The number of halogens is 1. The van der Waals surface area contributed by atoms with Crippen LogP contribution < -0.4 is 4.74 Å². The van der Waals surface area contributed by atoms with Gasteiger partial charge in [-0.1, -0.05) is 6.08 Å². The average Bonchev–Trinajstić information content (AvgIpc) is 2.56. The van der Waals surface area contributed by atoms with Crippen LogP contribution in [-0.4, -0.2) is 61.2 Å². The number of likely N-dealkylation sites (N-methyl/N-ethyl adjacent to an activating group) is 1. The fraction of sp³-hybridized carbons (Fsp3) is 0.500. The third kappa shape index (κ3) is 9.12. The molecule has 150 valence electrons. The van der Waals surface area contributed by atoms with E-state index >= 15 is 0 Å². The summed E-state index contributed by atoms with van der Waals surface area (Å²) in [5.41, 5.74) is -0.0167. The molecule has 7 heteroatoms. The average molecular weight is 488 g/mol. The Labute approximate surface area is 175 Å². The summed E-state index contributed by atoms with van der Waals surface area (Å²) in [6.45, 7) is 8.15. The lowest BCUT2D eigenvalue weighted by Gasteiger charge is -2.27. The lowest BCUT2D eigenvalue weighted by atomic mass is 10.2. The molecule has 0 radical (unpaired) electrons. The van der Waals surface area contributed by atoms with Gasteiger partial charge < -0.3 is 19.3 Å². The Morgan fingerprint density at radius 1 is 1.15 bits per heavy atom. The SMILES string of the molecule is C/C(=C\CN(CCOc1ccc(I)cc1)C(=O)OC(C)(C)C)C(=O)N(C)C. The van der Waals surface area contributed by atoms with Gasteiger partial charge in [-0.25, -0.2) is 4.79 Å². The highest BCUT2D eigenvalue weighted by Crippen LogP contribution is 2.14. The molecule has 2 amide bonds. The number of hydrogen-bond donors (Lipinski definition) is 0. The molecular weight excluding hydrogens is 459 g/mol. The first-order valence-corrected chi connectivity index (χ1v) is 9.82. The normalized spacial score (nSPS) is 11.7. The molecule has 27 heavy (non-hydrogen) atoms. The molecule has 0 aliphatic rings. The number of amides is 2. The standard InChI is InChI=1S/C20H29IN2O4/c1-15(18(24)22(5)6)11-12-23(19(25)27-20(2,3)4)13-14-26-17-9-7-16(21)8-10-17/h7-11H,12-14H2,1-6H3/b15-11+. The quantitative estimate of drug-likeness (QED) is 0.431. The number of hydrogen-bond acceptors (Lipinski definition) is 4. The lowest BCUT2D eigenvalue weighted by Crippen LogP contribution is -2.39. The third-order valence-electron chi connectivity index (χ3n) is 3.46. The van der Waals surface area contributed by atoms with Gasteiger partial charge in [0, 0.05) is 29.8 Å². The van der Waals surface area contributed by atoms with E-state index in [-0.39, 0.29) is 12.5 Å². The van der Waals surface area contributed by atoms with Gasteiger partial charge in [0.25, 0.3) is 0 Å². The van der Waals surface area contributed by atoms with Crippen molar-refractivity contribution < 1.29 is 19.1 Å². The maximum Gasteiger partial charge on any atom is 0.410 e. The summed E-state index contributed by atoms with van der Waals surface area (Å²) >= 11 is 2.23. The van der Waals surface area contributed by atoms with Crippen LogP contribution >= 0.6 is 22.6 Å². The fourth-order valence-electron chi connectivity index (χ4n) is 2.08. The summed E-state index contributed by atoms with van der Waals surface area (Å²) in [7, 11) is 3.39. The number of carbonyl (C=O) groups excluding carboxylic acids is 2. The number of benzene rings is 1. The Morgan fingerprint density at radius 3 is 2.26 bits per heavy atom. The Bertz CT molecular complexity index is 664. The molecule has 1 aromatic rings. The van der Waals surface area contributed by atoms with Gasteiger partial charge in [0.1, 0.15) is 18.0 Å². The van der Waals surface area contributed by atoms with Crippen molar-refractivity contribution in [2.45, 2.75) is 33.3 Å². The van der Waals surface area contributed by atoms with Crippen molar-refractivity contribution in [1.82, 2.24) is 9.80 Å². The molecule has 0 aromatic heterocycles. The predicted octanol–water partition coefficient (Wildman–Crippen LogP) is 3.94. The zero-order chi connectivity index (χ0) is 20.6. The molecule has 0 N–H and O–H groups in total. The van der Waals surface area contributed by atoms with E-state index in [4.69, 9.17) is 9.47 Å². The van der Waals surface area contributed by atoms with E-state index < -0.39 is 11.7 Å². The van der Waals surface area contributed by atoms with Crippen LogP contribution in [0, 0.1) is 3.57 Å². The smallest absolute Gasteiger partial charge is 0.410 e. The molecule has 0 spiro atoms. The molecule has 0 aliphatic carbocycles. The molecule has 6 nitrogen and oxygen atoms in total. The van der Waals surface area contributed by atoms with E-state index in [0.717, 1.165) is 9.32 Å². The van der Waals surface area contributed by atoms with Gasteiger partial charge in [0.15, 0.2) is 0 Å². The van der Waals surface area contributed by atoms with Crippen molar-refractivity contribution in [1.29, 1.82) is 0 Å². The summed E-state index contributed by atoms with van der Waals surface area (Å²) in [6, 6.07) is 7.69. The Kier molecular flexibility index (Phi) is 9.08. The van der Waals surface area contributed by atoms with Crippen LogP contribution in [0.2, 0.25) is 0 Å². The maximum absolute atomic E-state index is 12.5. The van der Waals surface area contributed by atoms with Crippen molar-refractivity contribution in [3.8, 4) is 5.75 Å². The first-order chi connectivity index (χ1) is 12.5. The van der Waals surface area contributed by atoms with Crippen LogP contribution in [0.15, 0.2) is 35.9 Å². The molecule has 0 bridgehead atoms. The number of nitrogens with zero attached hydrogens (tertiary/aromatic N) is 2. The van der Waals surface area contributed by atoms with E-state index in [1.54, 1.807) is 27.1 Å². The molecule has 0 aliphatic heterocycles. The van der Waals surface area contributed by atoms with Gasteiger partial charge in [0.05, 0.1) is 6.54 Å². The minimum atomic E-state index is -0.593. The lowest BCUT2D eigenvalue weighted by molar-refractivity contribution is -0.124. The largest absolute Gasteiger partial charge is 0.492 e. The monoisotopic (exact) mass is 488 g/mol. The Hall–Kier alpha value is -1.77. The predicted molar refractivity (Wildman–Crippen MR) is 115 cm³/mol. The summed E-state index contributed by atoms with van der Waals surface area (Å²) in [4.78, 5) is 27.5. The van der Waals surface area contributed by atoms with Crippen molar-refractivity contribution in [2.24, 2.45) is 0 Å². The maximum atomic E-state index is 12.5. The van der Waals surface area contributed by atoms with Crippen LogP contribution in [0.25, 0.3) is 0 Å². The van der Waals surface area contributed by atoms with Crippen molar-refractivity contribution >= 4 is 34.6 Å². The first-order valence-electron chi connectivity index (χ1n) is 8.74. The van der Waals surface area contributed by atoms with E-state index in [9.17, 15) is 9.59 Å². The molecule has 0 saturated carbocycles. The summed E-state index contributed by atoms with van der Waals surface area (Å²) in [5, 5.41) is 0. The Morgan fingerprint density at radius 2 is 1.74 bits per heavy atom. The van der Waals surface area contributed by atoms with Crippen LogP contribution in [-0.2, 0) is 9.53 Å². The second kappa shape index (κ2) is 10.5. The third-order valence-corrected chi connectivity index (χ3v) is 4.18. The van der Waals surface area contributed by atoms with E-state index in [1.165, 1.54) is 9.80 Å². The van der Waals surface area contributed by atoms with E-state index in [0.29, 0.717) is 18.7 Å². The number of rotatable bonds is 7. The van der Waals surface area contributed by atoms with Gasteiger partial charge in [-0.2, -0.15) is 0 Å². The van der Waals surface area contributed by atoms with E-state index in [1.807, 2.05) is 45.0 Å². The molecule has 0 saturated heterocycles. The van der Waals surface area contributed by atoms with Gasteiger partial charge in [-0.3, -0.25) is 4.79 Å². The number of carbonyl (C=O) groups is 2. The molecule has 1 aromatic carbocycles. The van der Waals surface area contributed by atoms with Crippen molar-refractivity contribution in [2.75, 3.05) is 33.8 Å². The zero-order valence-corrected chi connectivity index (χ0v) is 19.1. The second-order valence-electron chi connectivity index (χ2n) is 7.32. The van der Waals surface area contributed by atoms with Crippen molar-refractivity contribution in [3.05, 3.63) is 39.5 Å².